The second-order valence-corrected chi connectivity index (χ2v) is 7.03. The standard InChI is InChI=1S/C15H24N2O3/c18-3-1-2-13(19)16-17-14(20)15-7-10-4-11(8-15)6-12(5-10)9-15/h10-12,18H,1-9H2,(H,16,19)(H,17,20). The number of amides is 2. The maximum atomic E-state index is 12.5. The van der Waals surface area contributed by atoms with Gasteiger partial charge in [0, 0.05) is 13.0 Å². The molecule has 0 aromatic rings. The minimum Gasteiger partial charge on any atom is -0.396 e. The van der Waals surface area contributed by atoms with E-state index >= 15 is 0 Å². The number of carbonyl (C=O) groups excluding carboxylic acids is 2. The molecule has 4 rings (SSSR count). The number of hydrogen-bond donors (Lipinski definition) is 3. The van der Waals surface area contributed by atoms with E-state index in [1.54, 1.807) is 0 Å². The Labute approximate surface area is 119 Å². The van der Waals surface area contributed by atoms with Crippen LogP contribution < -0.4 is 10.9 Å². The highest BCUT2D eigenvalue weighted by atomic mass is 16.3. The summed E-state index contributed by atoms with van der Waals surface area (Å²) in [6.45, 7) is -0.00363. The minimum absolute atomic E-state index is 0.00363. The highest BCUT2D eigenvalue weighted by Crippen LogP contribution is 2.59. The molecule has 0 saturated heterocycles. The van der Waals surface area contributed by atoms with Gasteiger partial charge in [-0.1, -0.05) is 0 Å². The molecule has 0 radical (unpaired) electrons. The molecule has 0 aromatic carbocycles. The number of aliphatic hydroxyl groups is 1. The van der Waals surface area contributed by atoms with Gasteiger partial charge in [0.25, 0.3) is 0 Å². The fourth-order valence-corrected chi connectivity index (χ4v) is 4.95. The molecular formula is C15H24N2O3. The smallest absolute Gasteiger partial charge is 0.244 e. The summed E-state index contributed by atoms with van der Waals surface area (Å²) >= 11 is 0. The summed E-state index contributed by atoms with van der Waals surface area (Å²) in [5.41, 5.74) is 4.90. The van der Waals surface area contributed by atoms with Crippen LogP contribution in [0.2, 0.25) is 0 Å². The van der Waals surface area contributed by atoms with Gasteiger partial charge in [0.05, 0.1) is 5.41 Å². The molecule has 20 heavy (non-hydrogen) atoms. The molecule has 4 saturated carbocycles. The number of rotatable bonds is 4. The van der Waals surface area contributed by atoms with E-state index in [-0.39, 0.29) is 30.3 Å². The van der Waals surface area contributed by atoms with Gasteiger partial charge in [-0.15, -0.1) is 0 Å². The van der Waals surface area contributed by atoms with Crippen molar-refractivity contribution in [3.63, 3.8) is 0 Å². The van der Waals surface area contributed by atoms with Crippen LogP contribution in [0, 0.1) is 23.2 Å². The summed E-state index contributed by atoms with van der Waals surface area (Å²) in [7, 11) is 0. The minimum atomic E-state index is -0.225. The zero-order chi connectivity index (χ0) is 14.2. The zero-order valence-corrected chi connectivity index (χ0v) is 11.9. The maximum Gasteiger partial charge on any atom is 0.244 e. The highest BCUT2D eigenvalue weighted by Gasteiger charge is 2.54. The zero-order valence-electron chi connectivity index (χ0n) is 11.9. The van der Waals surface area contributed by atoms with Crippen molar-refractivity contribution < 1.29 is 14.7 Å². The SMILES string of the molecule is O=C(CCCO)NNC(=O)C12CC3CC(CC(C3)C1)C2. The molecule has 4 aliphatic carbocycles. The van der Waals surface area contributed by atoms with Crippen molar-refractivity contribution in [3.05, 3.63) is 0 Å². The predicted molar refractivity (Wildman–Crippen MR) is 73.2 cm³/mol. The Morgan fingerprint density at radius 2 is 1.55 bits per heavy atom. The third-order valence-electron chi connectivity index (χ3n) is 5.40. The van der Waals surface area contributed by atoms with Crippen molar-refractivity contribution in [1.29, 1.82) is 0 Å². The van der Waals surface area contributed by atoms with Crippen LogP contribution in [0.25, 0.3) is 0 Å². The number of aliphatic hydroxyl groups excluding tert-OH is 1. The van der Waals surface area contributed by atoms with Crippen LogP contribution in [0.5, 0.6) is 0 Å². The number of hydrogen-bond acceptors (Lipinski definition) is 3. The quantitative estimate of drug-likeness (QED) is 0.675. The lowest BCUT2D eigenvalue weighted by Crippen LogP contribution is -2.56. The molecule has 5 heteroatoms. The number of carbonyl (C=O) groups is 2. The molecule has 0 unspecified atom stereocenters. The second-order valence-electron chi connectivity index (χ2n) is 7.03. The lowest BCUT2D eigenvalue weighted by atomic mass is 9.49. The van der Waals surface area contributed by atoms with E-state index < -0.39 is 0 Å². The summed E-state index contributed by atoms with van der Waals surface area (Å²) in [5.74, 6) is 1.94. The van der Waals surface area contributed by atoms with Crippen molar-refractivity contribution in [2.75, 3.05) is 6.61 Å². The summed E-state index contributed by atoms with van der Waals surface area (Å²) in [6, 6.07) is 0. The van der Waals surface area contributed by atoms with E-state index in [1.165, 1.54) is 19.3 Å². The molecule has 0 aliphatic heterocycles. The van der Waals surface area contributed by atoms with E-state index in [9.17, 15) is 9.59 Å². The monoisotopic (exact) mass is 280 g/mol. The fourth-order valence-electron chi connectivity index (χ4n) is 4.95. The molecule has 0 aromatic heterocycles. The second kappa shape index (κ2) is 5.35. The van der Waals surface area contributed by atoms with Gasteiger partial charge in [-0.3, -0.25) is 20.4 Å². The van der Waals surface area contributed by atoms with E-state index in [0.29, 0.717) is 6.42 Å². The van der Waals surface area contributed by atoms with E-state index in [1.807, 2.05) is 0 Å². The summed E-state index contributed by atoms with van der Waals surface area (Å²) < 4.78 is 0. The maximum absolute atomic E-state index is 12.5. The normalized spacial score (nSPS) is 37.8. The highest BCUT2D eigenvalue weighted by molar-refractivity contribution is 5.86. The Morgan fingerprint density at radius 1 is 1.00 bits per heavy atom. The molecule has 0 spiro atoms. The number of hydrazine groups is 1. The molecule has 0 heterocycles. The van der Waals surface area contributed by atoms with Crippen molar-refractivity contribution in [2.45, 2.75) is 51.4 Å². The molecule has 0 atom stereocenters. The van der Waals surface area contributed by atoms with Gasteiger partial charge in [0.2, 0.25) is 11.8 Å². The van der Waals surface area contributed by atoms with Crippen LogP contribution in [0.3, 0.4) is 0 Å². The van der Waals surface area contributed by atoms with E-state index in [0.717, 1.165) is 37.0 Å². The molecule has 4 aliphatic rings. The van der Waals surface area contributed by atoms with Crippen LogP contribution >= 0.6 is 0 Å². The third kappa shape index (κ3) is 2.55. The molecule has 5 nitrogen and oxygen atoms in total. The first kappa shape index (κ1) is 13.9. The first-order chi connectivity index (χ1) is 9.61. The van der Waals surface area contributed by atoms with Crippen LogP contribution in [0.4, 0.5) is 0 Å². The first-order valence-corrected chi connectivity index (χ1v) is 7.81. The fraction of sp³-hybridized carbons (Fsp3) is 0.867. The van der Waals surface area contributed by atoms with Crippen molar-refractivity contribution in [2.24, 2.45) is 23.2 Å². The lowest BCUT2D eigenvalue weighted by Gasteiger charge is -2.55. The van der Waals surface area contributed by atoms with Gasteiger partial charge in [0.1, 0.15) is 0 Å². The van der Waals surface area contributed by atoms with Crippen molar-refractivity contribution in [1.82, 2.24) is 10.9 Å². The average Bonchev–Trinajstić information content (AvgIpc) is 2.41. The molecule has 4 bridgehead atoms. The molecular weight excluding hydrogens is 256 g/mol. The van der Waals surface area contributed by atoms with Gasteiger partial charge >= 0.3 is 0 Å². The molecule has 3 N–H and O–H groups in total. The molecule has 2 amide bonds. The van der Waals surface area contributed by atoms with Crippen LogP contribution in [0.1, 0.15) is 51.4 Å². The van der Waals surface area contributed by atoms with Crippen LogP contribution in [-0.2, 0) is 9.59 Å². The van der Waals surface area contributed by atoms with Crippen LogP contribution in [-0.4, -0.2) is 23.5 Å². The van der Waals surface area contributed by atoms with Gasteiger partial charge in [-0.05, 0) is 62.7 Å². The average molecular weight is 280 g/mol. The van der Waals surface area contributed by atoms with Gasteiger partial charge in [-0.25, -0.2) is 0 Å². The van der Waals surface area contributed by atoms with Gasteiger partial charge in [-0.2, -0.15) is 0 Å². The Balaban J connectivity index is 1.56. The Hall–Kier alpha value is -1.10. The lowest BCUT2D eigenvalue weighted by molar-refractivity contribution is -0.148. The molecule has 4 fully saturated rings. The van der Waals surface area contributed by atoms with Crippen molar-refractivity contribution >= 4 is 11.8 Å². The van der Waals surface area contributed by atoms with E-state index in [2.05, 4.69) is 10.9 Å². The summed E-state index contributed by atoms with van der Waals surface area (Å²) in [6.07, 6.45) is 7.57. The summed E-state index contributed by atoms with van der Waals surface area (Å²) in [4.78, 5) is 24.0. The molecule has 112 valence electrons. The van der Waals surface area contributed by atoms with Crippen molar-refractivity contribution in [3.8, 4) is 0 Å². The van der Waals surface area contributed by atoms with Gasteiger partial charge in [0.15, 0.2) is 0 Å². The van der Waals surface area contributed by atoms with E-state index in [4.69, 9.17) is 5.11 Å². The topological polar surface area (TPSA) is 78.4 Å². The Kier molecular flexibility index (Phi) is 3.71. The Bertz CT molecular complexity index is 373. The number of nitrogens with one attached hydrogen (secondary N) is 2. The largest absolute Gasteiger partial charge is 0.396 e. The first-order valence-electron chi connectivity index (χ1n) is 7.81. The summed E-state index contributed by atoms with van der Waals surface area (Å²) in [5, 5.41) is 8.68. The van der Waals surface area contributed by atoms with Crippen LogP contribution in [0.15, 0.2) is 0 Å². The van der Waals surface area contributed by atoms with Gasteiger partial charge < -0.3 is 5.11 Å². The Morgan fingerprint density at radius 3 is 2.05 bits per heavy atom. The predicted octanol–water partition coefficient (Wildman–Crippen LogP) is 1.12. The third-order valence-corrected chi connectivity index (χ3v) is 5.40.